The Labute approximate surface area is 101 Å². The van der Waals surface area contributed by atoms with Gasteiger partial charge in [0.2, 0.25) is 5.91 Å². The zero-order chi connectivity index (χ0) is 12.3. The zero-order valence-electron chi connectivity index (χ0n) is 10.2. The molecule has 0 aliphatic rings. The van der Waals surface area contributed by atoms with Crippen molar-refractivity contribution in [2.45, 2.75) is 26.7 Å². The molecule has 3 nitrogen and oxygen atoms in total. The summed E-state index contributed by atoms with van der Waals surface area (Å²) >= 11 is 0. The van der Waals surface area contributed by atoms with Crippen LogP contribution in [0.15, 0.2) is 30.5 Å². The lowest BCUT2D eigenvalue weighted by Gasteiger charge is -2.05. The third-order valence-corrected chi connectivity index (χ3v) is 2.76. The van der Waals surface area contributed by atoms with E-state index in [1.807, 2.05) is 19.1 Å². The molecule has 0 radical (unpaired) electrons. The molecule has 1 heterocycles. The summed E-state index contributed by atoms with van der Waals surface area (Å²) in [5, 5.41) is 3.86. The lowest BCUT2D eigenvalue weighted by Crippen LogP contribution is -2.09. The number of pyridine rings is 1. The zero-order valence-corrected chi connectivity index (χ0v) is 10.2. The molecule has 0 bridgehead atoms. The lowest BCUT2D eigenvalue weighted by atomic mass is 10.1. The first-order valence-electron chi connectivity index (χ1n) is 5.91. The normalized spacial score (nSPS) is 10.5. The molecule has 0 spiro atoms. The van der Waals surface area contributed by atoms with Gasteiger partial charge < -0.3 is 5.32 Å². The van der Waals surface area contributed by atoms with E-state index in [-0.39, 0.29) is 5.91 Å². The summed E-state index contributed by atoms with van der Waals surface area (Å²) in [4.78, 5) is 15.6. The van der Waals surface area contributed by atoms with E-state index in [9.17, 15) is 4.79 Å². The predicted molar refractivity (Wildman–Crippen MR) is 70.0 cm³/mol. The third kappa shape index (κ3) is 2.61. The van der Waals surface area contributed by atoms with Crippen molar-refractivity contribution in [2.24, 2.45) is 0 Å². The second-order valence-electron chi connectivity index (χ2n) is 4.01. The van der Waals surface area contributed by atoms with E-state index in [0.29, 0.717) is 6.42 Å². The van der Waals surface area contributed by atoms with Crippen LogP contribution in [0.1, 0.15) is 25.8 Å². The van der Waals surface area contributed by atoms with Crippen molar-refractivity contribution in [1.82, 2.24) is 4.98 Å². The first kappa shape index (κ1) is 11.6. The average molecular weight is 228 g/mol. The van der Waals surface area contributed by atoms with Gasteiger partial charge in [-0.05, 0) is 24.1 Å². The molecule has 2 aromatic rings. The molecule has 0 saturated carbocycles. The largest absolute Gasteiger partial charge is 0.325 e. The molecule has 0 aliphatic carbocycles. The van der Waals surface area contributed by atoms with Gasteiger partial charge in [0.25, 0.3) is 0 Å². The Kier molecular flexibility index (Phi) is 3.38. The Morgan fingerprint density at radius 1 is 1.29 bits per heavy atom. The van der Waals surface area contributed by atoms with Gasteiger partial charge in [-0.2, -0.15) is 0 Å². The van der Waals surface area contributed by atoms with Gasteiger partial charge >= 0.3 is 0 Å². The number of nitrogens with one attached hydrogen (secondary N) is 1. The number of benzene rings is 1. The second kappa shape index (κ2) is 4.95. The topological polar surface area (TPSA) is 42.0 Å². The monoisotopic (exact) mass is 228 g/mol. The number of nitrogens with zero attached hydrogens (tertiary/aromatic N) is 1. The summed E-state index contributed by atoms with van der Waals surface area (Å²) in [7, 11) is 0. The quantitative estimate of drug-likeness (QED) is 0.876. The molecule has 0 aliphatic heterocycles. The summed E-state index contributed by atoms with van der Waals surface area (Å²) in [6, 6.07) is 8.17. The van der Waals surface area contributed by atoms with Gasteiger partial charge in [-0.1, -0.05) is 26.0 Å². The van der Waals surface area contributed by atoms with Crippen molar-refractivity contribution in [3.05, 3.63) is 36.0 Å². The molecule has 0 fully saturated rings. The number of amides is 1. The van der Waals surface area contributed by atoms with Crippen molar-refractivity contribution >= 4 is 22.5 Å². The number of hydrogen-bond donors (Lipinski definition) is 1. The maximum atomic E-state index is 11.3. The fourth-order valence-corrected chi connectivity index (χ4v) is 1.70. The number of carbonyl (C=O) groups is 1. The number of carbonyl (C=O) groups excluding carboxylic acids is 1. The summed E-state index contributed by atoms with van der Waals surface area (Å²) in [6.45, 7) is 3.95. The van der Waals surface area contributed by atoms with Gasteiger partial charge in [0.1, 0.15) is 0 Å². The van der Waals surface area contributed by atoms with Gasteiger partial charge in [0.15, 0.2) is 0 Å². The van der Waals surface area contributed by atoms with Crippen LogP contribution in [-0.2, 0) is 11.2 Å². The first-order chi connectivity index (χ1) is 8.22. The average Bonchev–Trinajstić information content (AvgIpc) is 2.38. The van der Waals surface area contributed by atoms with Gasteiger partial charge in [-0.25, -0.2) is 0 Å². The number of anilines is 1. The smallest absolute Gasteiger partial charge is 0.224 e. The molecular weight excluding hydrogens is 212 g/mol. The number of hydrogen-bond acceptors (Lipinski definition) is 2. The van der Waals surface area contributed by atoms with Gasteiger partial charge in [-0.3, -0.25) is 9.78 Å². The Morgan fingerprint density at radius 2 is 2.12 bits per heavy atom. The van der Waals surface area contributed by atoms with Crippen molar-refractivity contribution in [1.29, 1.82) is 0 Å². The van der Waals surface area contributed by atoms with E-state index in [0.717, 1.165) is 23.0 Å². The Hall–Kier alpha value is -1.90. The highest BCUT2D eigenvalue weighted by molar-refractivity contribution is 5.92. The number of rotatable bonds is 3. The SMILES string of the molecule is CCC(=O)Nc1cnc2cc(CC)ccc2c1. The molecule has 17 heavy (non-hydrogen) atoms. The van der Waals surface area contributed by atoms with Gasteiger partial charge in [0.05, 0.1) is 17.4 Å². The second-order valence-corrected chi connectivity index (χ2v) is 4.01. The van der Waals surface area contributed by atoms with Crippen LogP contribution in [0, 0.1) is 0 Å². The van der Waals surface area contributed by atoms with Crippen molar-refractivity contribution in [2.75, 3.05) is 5.32 Å². The van der Waals surface area contributed by atoms with Crippen LogP contribution in [0.25, 0.3) is 10.9 Å². The molecular formula is C14H16N2O. The number of aromatic nitrogens is 1. The highest BCUT2D eigenvalue weighted by Crippen LogP contribution is 2.18. The highest BCUT2D eigenvalue weighted by atomic mass is 16.1. The van der Waals surface area contributed by atoms with E-state index in [1.54, 1.807) is 6.20 Å². The van der Waals surface area contributed by atoms with Crippen LogP contribution in [0.2, 0.25) is 0 Å². The maximum Gasteiger partial charge on any atom is 0.224 e. The van der Waals surface area contributed by atoms with Crippen molar-refractivity contribution < 1.29 is 4.79 Å². The lowest BCUT2D eigenvalue weighted by molar-refractivity contribution is -0.115. The molecule has 1 aromatic carbocycles. The third-order valence-electron chi connectivity index (χ3n) is 2.76. The number of aryl methyl sites for hydroxylation is 1. The standard InChI is InChI=1S/C14H16N2O/c1-3-10-5-6-11-8-12(16-14(17)4-2)9-15-13(11)7-10/h5-9H,3-4H2,1-2H3,(H,16,17). The van der Waals surface area contributed by atoms with Crippen molar-refractivity contribution in [3.63, 3.8) is 0 Å². The minimum absolute atomic E-state index is 0.0105. The van der Waals surface area contributed by atoms with E-state index >= 15 is 0 Å². The summed E-state index contributed by atoms with van der Waals surface area (Å²) in [6.07, 6.45) is 3.19. The molecule has 0 saturated heterocycles. The minimum Gasteiger partial charge on any atom is -0.325 e. The predicted octanol–water partition coefficient (Wildman–Crippen LogP) is 3.15. The fourth-order valence-electron chi connectivity index (χ4n) is 1.70. The van der Waals surface area contributed by atoms with E-state index in [2.05, 4.69) is 29.4 Å². The molecule has 3 heteroatoms. The summed E-state index contributed by atoms with van der Waals surface area (Å²) in [5.41, 5.74) is 3.00. The highest BCUT2D eigenvalue weighted by Gasteiger charge is 2.02. The Morgan fingerprint density at radius 3 is 2.82 bits per heavy atom. The van der Waals surface area contributed by atoms with Gasteiger partial charge in [-0.15, -0.1) is 0 Å². The minimum atomic E-state index is 0.0105. The molecule has 88 valence electrons. The van der Waals surface area contributed by atoms with Gasteiger partial charge in [0, 0.05) is 11.8 Å². The van der Waals surface area contributed by atoms with Crippen LogP contribution < -0.4 is 5.32 Å². The van der Waals surface area contributed by atoms with Crippen LogP contribution in [0.5, 0.6) is 0 Å². The van der Waals surface area contributed by atoms with E-state index in [1.165, 1.54) is 5.56 Å². The summed E-state index contributed by atoms with van der Waals surface area (Å²) < 4.78 is 0. The van der Waals surface area contributed by atoms with Crippen LogP contribution >= 0.6 is 0 Å². The first-order valence-corrected chi connectivity index (χ1v) is 5.91. The molecule has 2 rings (SSSR count). The Bertz CT molecular complexity index is 549. The molecule has 0 unspecified atom stereocenters. The van der Waals surface area contributed by atoms with Crippen molar-refractivity contribution in [3.8, 4) is 0 Å². The molecule has 1 amide bonds. The fraction of sp³-hybridized carbons (Fsp3) is 0.286. The van der Waals surface area contributed by atoms with E-state index < -0.39 is 0 Å². The van der Waals surface area contributed by atoms with Crippen LogP contribution in [0.3, 0.4) is 0 Å². The van der Waals surface area contributed by atoms with Crippen LogP contribution in [-0.4, -0.2) is 10.9 Å². The maximum absolute atomic E-state index is 11.3. The molecule has 1 aromatic heterocycles. The van der Waals surface area contributed by atoms with Crippen LogP contribution in [0.4, 0.5) is 5.69 Å². The Balaban J connectivity index is 2.34. The number of fused-ring (bicyclic) bond motifs is 1. The molecule has 1 N–H and O–H groups in total. The summed E-state index contributed by atoms with van der Waals surface area (Å²) in [5.74, 6) is 0.0105. The van der Waals surface area contributed by atoms with E-state index in [4.69, 9.17) is 0 Å². The molecule has 0 atom stereocenters.